The number of thiophene rings is 1. The van der Waals surface area contributed by atoms with Crippen molar-refractivity contribution in [1.29, 1.82) is 0 Å². The number of ether oxygens (including phenoxy) is 2. The second kappa shape index (κ2) is 8.90. The number of halogens is 2. The number of methoxy groups -OCH3 is 1. The van der Waals surface area contributed by atoms with Gasteiger partial charge < -0.3 is 14.8 Å². The molecule has 0 atom stereocenters. The van der Waals surface area contributed by atoms with Crippen LogP contribution in [0.15, 0.2) is 38.6 Å². The number of hydrogen-bond acceptors (Lipinski definition) is 4. The summed E-state index contributed by atoms with van der Waals surface area (Å²) in [5.74, 6) is 0.895. The van der Waals surface area contributed by atoms with E-state index in [4.69, 9.17) is 9.47 Å². The first kappa shape index (κ1) is 17.0. The average Bonchev–Trinajstić information content (AvgIpc) is 2.88. The van der Waals surface area contributed by atoms with Crippen molar-refractivity contribution in [2.45, 2.75) is 13.2 Å². The molecule has 0 saturated heterocycles. The topological polar surface area (TPSA) is 30.5 Å². The molecule has 0 aliphatic heterocycles. The minimum atomic E-state index is 0.573. The van der Waals surface area contributed by atoms with Crippen molar-refractivity contribution in [3.63, 3.8) is 0 Å². The third-order valence-electron chi connectivity index (χ3n) is 2.83. The van der Waals surface area contributed by atoms with Crippen LogP contribution in [0.2, 0.25) is 0 Å². The van der Waals surface area contributed by atoms with Crippen molar-refractivity contribution in [3.05, 3.63) is 49.0 Å². The van der Waals surface area contributed by atoms with Crippen LogP contribution in [0.1, 0.15) is 10.4 Å². The maximum absolute atomic E-state index is 6.00. The summed E-state index contributed by atoms with van der Waals surface area (Å²) in [7, 11) is 1.70. The zero-order chi connectivity index (χ0) is 15.1. The van der Waals surface area contributed by atoms with Gasteiger partial charge >= 0.3 is 0 Å². The smallest absolute Gasteiger partial charge is 0.138 e. The van der Waals surface area contributed by atoms with Crippen LogP contribution in [0.4, 0.5) is 0 Å². The Morgan fingerprint density at radius 2 is 2.14 bits per heavy atom. The van der Waals surface area contributed by atoms with Crippen molar-refractivity contribution in [2.75, 3.05) is 20.3 Å². The second-order valence-corrected chi connectivity index (χ2v) is 7.18. The largest absolute Gasteiger partial charge is 0.487 e. The molecule has 0 radical (unpaired) electrons. The van der Waals surface area contributed by atoms with Gasteiger partial charge in [0.2, 0.25) is 0 Å². The van der Waals surface area contributed by atoms with Gasteiger partial charge in [-0.25, -0.2) is 0 Å². The molecular weight excluding hydrogens is 418 g/mol. The molecular formula is C15H17Br2NO2S. The molecule has 0 unspecified atom stereocenters. The van der Waals surface area contributed by atoms with Gasteiger partial charge in [-0.15, -0.1) is 11.3 Å². The number of para-hydroxylation sites is 1. The number of hydrogen-bond donors (Lipinski definition) is 1. The summed E-state index contributed by atoms with van der Waals surface area (Å²) >= 11 is 8.71. The summed E-state index contributed by atoms with van der Waals surface area (Å²) in [6.07, 6.45) is 0. The lowest BCUT2D eigenvalue weighted by atomic mass is 10.2. The molecule has 1 N–H and O–H groups in total. The lowest BCUT2D eigenvalue weighted by molar-refractivity contribution is 0.199. The molecule has 0 aliphatic rings. The van der Waals surface area contributed by atoms with Gasteiger partial charge in [0.15, 0.2) is 0 Å². The molecule has 114 valence electrons. The molecule has 0 fully saturated rings. The highest BCUT2D eigenvalue weighted by atomic mass is 79.9. The van der Waals surface area contributed by atoms with Gasteiger partial charge in [0.25, 0.3) is 0 Å². The quantitative estimate of drug-likeness (QED) is 0.616. The molecule has 0 aliphatic carbocycles. The molecule has 0 bridgehead atoms. The van der Waals surface area contributed by atoms with Crippen molar-refractivity contribution in [2.24, 2.45) is 0 Å². The van der Waals surface area contributed by atoms with Crippen LogP contribution in [0.3, 0.4) is 0 Å². The molecule has 2 rings (SSSR count). The van der Waals surface area contributed by atoms with E-state index in [-0.39, 0.29) is 0 Å². The lowest BCUT2D eigenvalue weighted by Crippen LogP contribution is -2.19. The fourth-order valence-electron chi connectivity index (χ4n) is 1.82. The van der Waals surface area contributed by atoms with Gasteiger partial charge in [-0.2, -0.15) is 0 Å². The number of nitrogens with one attached hydrogen (secondary N) is 1. The van der Waals surface area contributed by atoms with Gasteiger partial charge in [-0.05, 0) is 44.0 Å². The third-order valence-corrected chi connectivity index (χ3v) is 5.12. The maximum Gasteiger partial charge on any atom is 0.138 e. The van der Waals surface area contributed by atoms with Gasteiger partial charge in [-0.3, -0.25) is 0 Å². The first-order valence-electron chi connectivity index (χ1n) is 6.53. The molecule has 1 aromatic carbocycles. The molecule has 21 heavy (non-hydrogen) atoms. The van der Waals surface area contributed by atoms with E-state index in [1.807, 2.05) is 12.1 Å². The Bertz CT molecular complexity index is 575. The van der Waals surface area contributed by atoms with E-state index in [2.05, 4.69) is 54.7 Å². The molecule has 0 amide bonds. The van der Waals surface area contributed by atoms with Crippen LogP contribution in [-0.4, -0.2) is 20.3 Å². The molecule has 0 spiro atoms. The van der Waals surface area contributed by atoms with Crippen LogP contribution in [0.5, 0.6) is 5.75 Å². The van der Waals surface area contributed by atoms with Crippen molar-refractivity contribution in [1.82, 2.24) is 5.32 Å². The molecule has 0 saturated carbocycles. The van der Waals surface area contributed by atoms with Crippen molar-refractivity contribution >= 4 is 43.2 Å². The van der Waals surface area contributed by atoms with Gasteiger partial charge in [0.1, 0.15) is 12.4 Å². The normalized spacial score (nSPS) is 10.8. The SMILES string of the molecule is COCCNCc1cccc(Br)c1OCc1cc(Br)cs1. The van der Waals surface area contributed by atoms with Crippen LogP contribution in [0.25, 0.3) is 0 Å². The van der Waals surface area contributed by atoms with E-state index < -0.39 is 0 Å². The summed E-state index contributed by atoms with van der Waals surface area (Å²) in [6, 6.07) is 8.17. The number of benzene rings is 1. The summed E-state index contributed by atoms with van der Waals surface area (Å²) in [6.45, 7) is 2.85. The first-order chi connectivity index (χ1) is 10.2. The second-order valence-electron chi connectivity index (χ2n) is 4.42. The van der Waals surface area contributed by atoms with Gasteiger partial charge in [0, 0.05) is 40.5 Å². The monoisotopic (exact) mass is 433 g/mol. The standard InChI is InChI=1S/C15H17Br2NO2S/c1-19-6-5-18-8-11-3-2-4-14(17)15(11)20-9-13-7-12(16)10-21-13/h2-4,7,10,18H,5-6,8-9H2,1H3. The molecule has 6 heteroatoms. The summed E-state index contributed by atoms with van der Waals surface area (Å²) in [4.78, 5) is 1.19. The van der Waals surface area contributed by atoms with E-state index >= 15 is 0 Å². The predicted octanol–water partition coefficient (Wildman–Crippen LogP) is 4.59. The average molecular weight is 435 g/mol. The van der Waals surface area contributed by atoms with Crippen LogP contribution in [-0.2, 0) is 17.9 Å². The minimum Gasteiger partial charge on any atom is -0.487 e. The highest BCUT2D eigenvalue weighted by Gasteiger charge is 2.09. The predicted molar refractivity (Wildman–Crippen MR) is 94.1 cm³/mol. The Kier molecular flexibility index (Phi) is 7.19. The maximum atomic E-state index is 6.00. The Morgan fingerprint density at radius 1 is 1.29 bits per heavy atom. The van der Waals surface area contributed by atoms with Crippen molar-refractivity contribution < 1.29 is 9.47 Å². The summed E-state index contributed by atoms with van der Waals surface area (Å²) in [5, 5.41) is 5.40. The Hall–Kier alpha value is -0.400. The third kappa shape index (κ3) is 5.38. The Morgan fingerprint density at radius 3 is 2.86 bits per heavy atom. The Balaban J connectivity index is 1.99. The van der Waals surface area contributed by atoms with E-state index in [0.717, 1.165) is 33.3 Å². The van der Waals surface area contributed by atoms with Gasteiger partial charge in [-0.1, -0.05) is 12.1 Å². The highest BCUT2D eigenvalue weighted by Crippen LogP contribution is 2.30. The molecule has 3 nitrogen and oxygen atoms in total. The molecule has 2 aromatic rings. The van der Waals surface area contributed by atoms with E-state index in [0.29, 0.717) is 13.2 Å². The van der Waals surface area contributed by atoms with Gasteiger partial charge in [0.05, 0.1) is 11.1 Å². The molecule has 1 aromatic heterocycles. The Labute approximate surface area is 145 Å². The fraction of sp³-hybridized carbons (Fsp3) is 0.333. The first-order valence-corrected chi connectivity index (χ1v) is 9.00. The van der Waals surface area contributed by atoms with Crippen LogP contribution in [0, 0.1) is 0 Å². The van der Waals surface area contributed by atoms with E-state index in [9.17, 15) is 0 Å². The lowest BCUT2D eigenvalue weighted by Gasteiger charge is -2.13. The van der Waals surface area contributed by atoms with E-state index in [1.54, 1.807) is 18.4 Å². The van der Waals surface area contributed by atoms with E-state index in [1.165, 1.54) is 4.88 Å². The summed E-state index contributed by atoms with van der Waals surface area (Å²) < 4.78 is 13.1. The number of rotatable bonds is 8. The van der Waals surface area contributed by atoms with Crippen molar-refractivity contribution in [3.8, 4) is 5.75 Å². The minimum absolute atomic E-state index is 0.573. The van der Waals surface area contributed by atoms with Crippen LogP contribution < -0.4 is 10.1 Å². The highest BCUT2D eigenvalue weighted by molar-refractivity contribution is 9.10. The molecule has 1 heterocycles. The summed E-state index contributed by atoms with van der Waals surface area (Å²) in [5.41, 5.74) is 1.14. The zero-order valence-corrected chi connectivity index (χ0v) is 15.7. The fourth-order valence-corrected chi connectivity index (χ4v) is 3.71. The zero-order valence-electron chi connectivity index (χ0n) is 11.7. The van der Waals surface area contributed by atoms with Crippen LogP contribution >= 0.6 is 43.2 Å².